The van der Waals surface area contributed by atoms with E-state index in [0.29, 0.717) is 49.5 Å². The van der Waals surface area contributed by atoms with E-state index in [1.165, 1.54) is 4.90 Å². The molecule has 2 atom stereocenters. The Morgan fingerprint density at radius 3 is 2.00 bits per heavy atom. The van der Waals surface area contributed by atoms with Crippen molar-refractivity contribution in [2.45, 2.75) is 99.1 Å². The first kappa shape index (κ1) is 48.0. The van der Waals surface area contributed by atoms with Gasteiger partial charge in [-0.15, -0.1) is 0 Å². The zero-order chi connectivity index (χ0) is 41.7. The lowest BCUT2D eigenvalue weighted by Crippen LogP contribution is -2.45. The van der Waals surface area contributed by atoms with Gasteiger partial charge in [0.25, 0.3) is 0 Å². The largest absolute Gasteiger partial charge is 0.445 e. The van der Waals surface area contributed by atoms with E-state index in [1.54, 1.807) is 57.1 Å². The van der Waals surface area contributed by atoms with Gasteiger partial charge in [-0.1, -0.05) is 53.7 Å². The molecule has 0 fully saturated rings. The molecule has 308 valence electrons. The Morgan fingerprint density at radius 2 is 1.42 bits per heavy atom. The summed E-state index contributed by atoms with van der Waals surface area (Å²) in [6.45, 7) is 11.8. The average Bonchev–Trinajstić information content (AvgIpc) is 3.13. The summed E-state index contributed by atoms with van der Waals surface area (Å²) in [4.78, 5) is 103. The van der Waals surface area contributed by atoms with Crippen LogP contribution < -0.4 is 27.0 Å². The topological polar surface area (TPSA) is 226 Å². The first-order valence-corrected chi connectivity index (χ1v) is 19.0. The number of carbonyl (C=O) groups excluding carboxylic acids is 8. The molecule has 0 radical (unpaired) electrons. The van der Waals surface area contributed by atoms with E-state index in [-0.39, 0.29) is 80.6 Å². The van der Waals surface area contributed by atoms with Gasteiger partial charge >= 0.3 is 12.1 Å². The molecule has 0 bridgehead atoms. The molecular formula is C39H63N7O9. The monoisotopic (exact) mass is 773 g/mol. The average molecular weight is 774 g/mol. The number of nitrogens with two attached hydrogens (primary N) is 1. The van der Waals surface area contributed by atoms with Crippen LogP contribution >= 0.6 is 0 Å². The summed E-state index contributed by atoms with van der Waals surface area (Å²) in [5, 5.41) is 10.6. The second kappa shape index (κ2) is 25.1. The number of ether oxygens (including phenoxy) is 1. The van der Waals surface area contributed by atoms with Crippen LogP contribution in [-0.4, -0.2) is 103 Å². The zero-order valence-electron chi connectivity index (χ0n) is 33.8. The quantitative estimate of drug-likeness (QED) is 0.0917. The van der Waals surface area contributed by atoms with Gasteiger partial charge in [-0.2, -0.15) is 0 Å². The van der Waals surface area contributed by atoms with Gasteiger partial charge in [0.15, 0.2) is 11.6 Å². The molecule has 1 rings (SSSR count). The predicted molar refractivity (Wildman–Crippen MR) is 208 cm³/mol. The van der Waals surface area contributed by atoms with Gasteiger partial charge in [-0.25, -0.2) is 9.59 Å². The number of hydrogen-bond acceptors (Lipinski definition) is 9. The van der Waals surface area contributed by atoms with Crippen molar-refractivity contribution < 1.29 is 43.1 Å². The lowest BCUT2D eigenvalue weighted by atomic mass is 9.89. The number of anilines is 1. The fraction of sp³-hybridized carbons (Fsp3) is 0.641. The number of amides is 7. The molecule has 0 aliphatic heterocycles. The van der Waals surface area contributed by atoms with E-state index < -0.39 is 35.9 Å². The SMILES string of the molecule is CC(C)CCC(=O)NCC(=O)CCC(=O)N[C@H](C(=O)C[C@@H](CCCNC(N)=O)C(=O)Nc1ccc(COC(=O)N(C)CCN(C)C(=O)C(C)C)cc1)C(C)C. The van der Waals surface area contributed by atoms with E-state index in [4.69, 9.17) is 10.5 Å². The number of primary amides is 1. The lowest BCUT2D eigenvalue weighted by molar-refractivity contribution is -0.133. The van der Waals surface area contributed by atoms with Crippen LogP contribution in [-0.2, 0) is 40.1 Å². The third-order valence-electron chi connectivity index (χ3n) is 8.78. The number of benzene rings is 1. The highest BCUT2D eigenvalue weighted by Crippen LogP contribution is 2.20. The number of likely N-dealkylation sites (N-methyl/N-ethyl adjacent to an activating group) is 2. The standard InChI is InChI=1S/C39H63N7O9/c1-25(2)11-17-33(49)42-23-31(47)16-18-34(50)44-35(26(3)4)32(48)22-29(10-9-19-41-38(40)53)36(51)43-30-14-12-28(13-15-30)24-55-39(54)46(8)21-20-45(7)37(52)27(5)6/h12-15,25-27,29,35H,9-11,16-24H2,1-8H3,(H,42,49)(H,43,51)(H,44,50)(H3,40,41,53)/t29-,35+/m1/s1. The van der Waals surface area contributed by atoms with Crippen molar-refractivity contribution in [3.63, 3.8) is 0 Å². The maximum absolute atomic E-state index is 13.5. The van der Waals surface area contributed by atoms with E-state index in [2.05, 4.69) is 21.3 Å². The van der Waals surface area contributed by atoms with Crippen molar-refractivity contribution in [3.05, 3.63) is 29.8 Å². The Kier molecular flexibility index (Phi) is 21.9. The summed E-state index contributed by atoms with van der Waals surface area (Å²) in [7, 11) is 3.27. The molecule has 6 N–H and O–H groups in total. The molecule has 0 unspecified atom stereocenters. The lowest BCUT2D eigenvalue weighted by Gasteiger charge is -2.24. The molecule has 0 aromatic heterocycles. The number of nitrogens with one attached hydrogen (secondary N) is 4. The molecule has 0 saturated heterocycles. The van der Waals surface area contributed by atoms with Gasteiger partial charge in [-0.05, 0) is 48.8 Å². The van der Waals surface area contributed by atoms with Crippen LogP contribution in [0.4, 0.5) is 15.3 Å². The number of carbonyl (C=O) groups is 8. The summed E-state index contributed by atoms with van der Waals surface area (Å²) in [6, 6.07) is 5.02. The van der Waals surface area contributed by atoms with E-state index in [1.807, 2.05) is 27.7 Å². The van der Waals surface area contributed by atoms with Crippen molar-refractivity contribution in [1.29, 1.82) is 0 Å². The third-order valence-corrected chi connectivity index (χ3v) is 8.78. The van der Waals surface area contributed by atoms with Gasteiger partial charge in [-0.3, -0.25) is 28.8 Å². The van der Waals surface area contributed by atoms with Gasteiger partial charge in [0, 0.05) is 76.9 Å². The number of rotatable bonds is 25. The Hall–Kier alpha value is -5.02. The number of ketones is 2. The smallest absolute Gasteiger partial charge is 0.409 e. The Balaban J connectivity index is 2.81. The second-order valence-corrected chi connectivity index (χ2v) is 14.9. The molecule has 0 heterocycles. The van der Waals surface area contributed by atoms with Crippen LogP contribution in [0.25, 0.3) is 0 Å². The number of nitrogens with zero attached hydrogens (tertiary/aromatic N) is 2. The minimum atomic E-state index is -0.915. The zero-order valence-corrected chi connectivity index (χ0v) is 33.8. The van der Waals surface area contributed by atoms with Gasteiger partial charge in [0.1, 0.15) is 6.61 Å². The molecular weight excluding hydrogens is 710 g/mol. The molecule has 55 heavy (non-hydrogen) atoms. The predicted octanol–water partition coefficient (Wildman–Crippen LogP) is 3.37. The highest BCUT2D eigenvalue weighted by molar-refractivity contribution is 5.97. The van der Waals surface area contributed by atoms with Crippen LogP contribution in [0.15, 0.2) is 24.3 Å². The normalized spacial score (nSPS) is 12.1. The second-order valence-electron chi connectivity index (χ2n) is 14.9. The summed E-state index contributed by atoms with van der Waals surface area (Å²) in [6.07, 6.45) is 0.588. The van der Waals surface area contributed by atoms with Crippen molar-refractivity contribution in [2.24, 2.45) is 29.4 Å². The fourth-order valence-electron chi connectivity index (χ4n) is 5.29. The van der Waals surface area contributed by atoms with Gasteiger partial charge in [0.05, 0.1) is 12.6 Å². The molecule has 1 aromatic rings. The molecule has 0 aliphatic rings. The Labute approximate surface area is 325 Å². The Morgan fingerprint density at radius 1 is 0.782 bits per heavy atom. The van der Waals surface area contributed by atoms with Crippen LogP contribution in [0.1, 0.15) is 92.1 Å². The number of Topliss-reactive ketones (excluding diaryl/α,β-unsaturated/α-hetero) is 2. The summed E-state index contributed by atoms with van der Waals surface area (Å²) in [5.74, 6) is -2.77. The molecule has 0 aliphatic carbocycles. The van der Waals surface area contributed by atoms with Crippen molar-refractivity contribution in [3.8, 4) is 0 Å². The first-order chi connectivity index (χ1) is 25.8. The van der Waals surface area contributed by atoms with E-state index in [9.17, 15) is 38.4 Å². The summed E-state index contributed by atoms with van der Waals surface area (Å²) in [5.41, 5.74) is 6.28. The van der Waals surface area contributed by atoms with Crippen molar-refractivity contribution >= 4 is 53.0 Å². The minimum Gasteiger partial charge on any atom is -0.445 e. The molecule has 16 nitrogen and oxygen atoms in total. The highest BCUT2D eigenvalue weighted by atomic mass is 16.6. The fourth-order valence-corrected chi connectivity index (χ4v) is 5.29. The van der Waals surface area contributed by atoms with Crippen molar-refractivity contribution in [2.75, 3.05) is 45.6 Å². The van der Waals surface area contributed by atoms with Crippen molar-refractivity contribution in [1.82, 2.24) is 25.8 Å². The number of urea groups is 1. The third kappa shape index (κ3) is 20.3. The van der Waals surface area contributed by atoms with E-state index >= 15 is 0 Å². The van der Waals surface area contributed by atoms with Crippen LogP contribution in [0.2, 0.25) is 0 Å². The van der Waals surface area contributed by atoms with Crippen LogP contribution in [0, 0.1) is 23.7 Å². The van der Waals surface area contributed by atoms with Crippen LogP contribution in [0.5, 0.6) is 0 Å². The maximum atomic E-state index is 13.5. The molecule has 1 aromatic carbocycles. The minimum absolute atomic E-state index is 0.0191. The van der Waals surface area contributed by atoms with Crippen LogP contribution in [0.3, 0.4) is 0 Å². The molecule has 16 heteroatoms. The molecule has 0 saturated carbocycles. The molecule has 7 amide bonds. The first-order valence-electron chi connectivity index (χ1n) is 19.0. The van der Waals surface area contributed by atoms with Gasteiger partial charge < -0.3 is 41.5 Å². The molecule has 0 spiro atoms. The number of hydrogen-bond donors (Lipinski definition) is 5. The highest BCUT2D eigenvalue weighted by Gasteiger charge is 2.29. The van der Waals surface area contributed by atoms with Gasteiger partial charge in [0.2, 0.25) is 23.6 Å². The Bertz CT molecular complexity index is 1450. The maximum Gasteiger partial charge on any atom is 0.409 e. The summed E-state index contributed by atoms with van der Waals surface area (Å²) >= 11 is 0. The summed E-state index contributed by atoms with van der Waals surface area (Å²) < 4.78 is 5.39. The van der Waals surface area contributed by atoms with E-state index in [0.717, 1.165) is 0 Å².